The Balaban J connectivity index is 1.58. The zero-order chi connectivity index (χ0) is 19.9. The number of carbonyl (C=O) groups is 2. The fourth-order valence-corrected chi connectivity index (χ4v) is 3.23. The van der Waals surface area contributed by atoms with Gasteiger partial charge < -0.3 is 24.4 Å². The van der Waals surface area contributed by atoms with E-state index in [2.05, 4.69) is 5.32 Å². The normalized spacial score (nSPS) is 18.4. The highest BCUT2D eigenvalue weighted by molar-refractivity contribution is 5.97. The Morgan fingerprint density at radius 2 is 2.21 bits per heavy atom. The van der Waals surface area contributed by atoms with Crippen molar-refractivity contribution in [2.45, 2.75) is 26.3 Å². The van der Waals surface area contributed by atoms with E-state index < -0.39 is 5.91 Å². The van der Waals surface area contributed by atoms with Crippen LogP contribution in [0.4, 0.5) is 0 Å². The van der Waals surface area contributed by atoms with Gasteiger partial charge in [0.25, 0.3) is 5.91 Å². The first-order chi connectivity index (χ1) is 13.6. The molecule has 1 fully saturated rings. The molecule has 8 nitrogen and oxygen atoms in total. The highest BCUT2D eigenvalue weighted by Gasteiger charge is 2.26. The number of benzene rings is 1. The molecule has 28 heavy (non-hydrogen) atoms. The van der Waals surface area contributed by atoms with Gasteiger partial charge in [0.2, 0.25) is 6.79 Å². The molecule has 148 valence electrons. The number of hydrogen-bond donors (Lipinski definition) is 1. The maximum absolute atomic E-state index is 12.4. The molecule has 0 aliphatic carbocycles. The molecule has 0 bridgehead atoms. The highest BCUT2D eigenvalue weighted by atomic mass is 16.7. The van der Waals surface area contributed by atoms with Crippen molar-refractivity contribution < 1.29 is 23.8 Å². The number of fused-ring (bicyclic) bond motifs is 1. The first-order valence-electron chi connectivity index (χ1n) is 9.30. The van der Waals surface area contributed by atoms with E-state index in [0.29, 0.717) is 31.2 Å². The minimum Gasteiger partial charge on any atom is -0.466 e. The van der Waals surface area contributed by atoms with Crippen LogP contribution in [-0.4, -0.2) is 43.3 Å². The summed E-state index contributed by atoms with van der Waals surface area (Å²) < 4.78 is 15.7. The van der Waals surface area contributed by atoms with Crippen molar-refractivity contribution in [2.24, 2.45) is 5.92 Å². The monoisotopic (exact) mass is 385 g/mol. The number of nitrogens with zero attached hydrogens (tertiary/aromatic N) is 2. The maximum Gasteiger partial charge on any atom is 0.310 e. The number of likely N-dealkylation sites (tertiary alicyclic amines) is 1. The van der Waals surface area contributed by atoms with E-state index >= 15 is 0 Å². The van der Waals surface area contributed by atoms with Crippen molar-refractivity contribution >= 4 is 11.9 Å². The third kappa shape index (κ3) is 4.74. The van der Waals surface area contributed by atoms with E-state index in [-0.39, 0.29) is 30.8 Å². The topological polar surface area (TPSA) is 101 Å². The Bertz CT molecular complexity index is 815. The number of amides is 1. The third-order valence-corrected chi connectivity index (χ3v) is 4.64. The van der Waals surface area contributed by atoms with E-state index in [4.69, 9.17) is 14.2 Å². The number of nitriles is 1. The SMILES string of the molecule is CCOC(=O)C1CCCN(/C=C(/C#N)C(=O)NCc2ccc3c(c2)OCO3)C1. The van der Waals surface area contributed by atoms with Crippen LogP contribution in [0.25, 0.3) is 0 Å². The summed E-state index contributed by atoms with van der Waals surface area (Å²) in [6.45, 7) is 3.71. The van der Waals surface area contributed by atoms with Gasteiger partial charge in [0.1, 0.15) is 11.6 Å². The van der Waals surface area contributed by atoms with E-state index in [1.165, 1.54) is 6.20 Å². The molecule has 1 atom stereocenters. The number of hydrogen-bond acceptors (Lipinski definition) is 7. The zero-order valence-corrected chi connectivity index (χ0v) is 15.8. The van der Waals surface area contributed by atoms with Crippen molar-refractivity contribution in [1.82, 2.24) is 10.2 Å². The maximum atomic E-state index is 12.4. The minimum absolute atomic E-state index is 0.00486. The Morgan fingerprint density at radius 1 is 1.39 bits per heavy atom. The molecular formula is C20H23N3O5. The van der Waals surface area contributed by atoms with Crippen LogP contribution in [0.15, 0.2) is 30.0 Å². The molecule has 2 heterocycles. The molecule has 2 aliphatic heterocycles. The lowest BCUT2D eigenvalue weighted by Crippen LogP contribution is -2.37. The molecule has 1 aromatic rings. The second-order valence-electron chi connectivity index (χ2n) is 6.61. The Morgan fingerprint density at radius 3 is 3.00 bits per heavy atom. The quantitative estimate of drug-likeness (QED) is 0.452. The summed E-state index contributed by atoms with van der Waals surface area (Å²) in [4.78, 5) is 26.2. The summed E-state index contributed by atoms with van der Waals surface area (Å²) in [6, 6.07) is 7.36. The summed E-state index contributed by atoms with van der Waals surface area (Å²) in [7, 11) is 0. The molecule has 1 amide bonds. The van der Waals surface area contributed by atoms with Crippen molar-refractivity contribution in [3.63, 3.8) is 0 Å². The molecule has 1 unspecified atom stereocenters. The fraction of sp³-hybridized carbons (Fsp3) is 0.450. The molecule has 0 radical (unpaired) electrons. The van der Waals surface area contributed by atoms with Gasteiger partial charge in [-0.05, 0) is 37.5 Å². The summed E-state index contributed by atoms with van der Waals surface area (Å²) in [5, 5.41) is 12.1. The molecule has 1 N–H and O–H groups in total. The summed E-state index contributed by atoms with van der Waals surface area (Å²) >= 11 is 0. The second-order valence-corrected chi connectivity index (χ2v) is 6.61. The predicted octanol–water partition coefficient (Wildman–Crippen LogP) is 1.71. The molecule has 8 heteroatoms. The van der Waals surface area contributed by atoms with Crippen molar-refractivity contribution in [2.75, 3.05) is 26.5 Å². The van der Waals surface area contributed by atoms with E-state index in [0.717, 1.165) is 18.4 Å². The van der Waals surface area contributed by atoms with Crippen LogP contribution >= 0.6 is 0 Å². The van der Waals surface area contributed by atoms with Crippen LogP contribution in [0.1, 0.15) is 25.3 Å². The van der Waals surface area contributed by atoms with Crippen LogP contribution in [0.5, 0.6) is 11.5 Å². The van der Waals surface area contributed by atoms with Crippen LogP contribution in [0.2, 0.25) is 0 Å². The van der Waals surface area contributed by atoms with Crippen molar-refractivity contribution in [1.29, 1.82) is 5.26 Å². The first-order valence-corrected chi connectivity index (χ1v) is 9.30. The van der Waals surface area contributed by atoms with Crippen molar-refractivity contribution in [3.05, 3.63) is 35.5 Å². The van der Waals surface area contributed by atoms with Gasteiger partial charge in [0.05, 0.1) is 12.5 Å². The summed E-state index contributed by atoms with van der Waals surface area (Å²) in [6.07, 6.45) is 3.08. The lowest BCUT2D eigenvalue weighted by molar-refractivity contribution is -0.149. The highest BCUT2D eigenvalue weighted by Crippen LogP contribution is 2.32. The number of nitrogens with one attached hydrogen (secondary N) is 1. The van der Waals surface area contributed by atoms with Gasteiger partial charge in [0.15, 0.2) is 11.5 Å². The lowest BCUT2D eigenvalue weighted by atomic mass is 9.98. The van der Waals surface area contributed by atoms with Crippen LogP contribution < -0.4 is 14.8 Å². The average Bonchev–Trinajstić information content (AvgIpc) is 3.18. The standard InChI is InChI=1S/C20H23N3O5/c1-2-26-20(25)15-4-3-7-23(11-15)12-16(9-21)19(24)22-10-14-5-6-17-18(8-14)28-13-27-17/h5-6,8,12,15H,2-4,7,10-11,13H2,1H3,(H,22,24)/b16-12-. The molecule has 0 saturated carbocycles. The van der Waals surface area contributed by atoms with Gasteiger partial charge in [-0.15, -0.1) is 0 Å². The lowest BCUT2D eigenvalue weighted by Gasteiger charge is -2.30. The number of esters is 1. The van der Waals surface area contributed by atoms with Gasteiger partial charge in [-0.25, -0.2) is 0 Å². The van der Waals surface area contributed by atoms with E-state index in [9.17, 15) is 14.9 Å². The second kappa shape index (κ2) is 9.13. The molecule has 1 aromatic carbocycles. The first kappa shape index (κ1) is 19.5. The molecule has 3 rings (SSSR count). The van der Waals surface area contributed by atoms with Gasteiger partial charge in [0, 0.05) is 25.8 Å². The molecule has 1 saturated heterocycles. The Kier molecular flexibility index (Phi) is 6.37. The van der Waals surface area contributed by atoms with Crippen LogP contribution in [0, 0.1) is 17.2 Å². The van der Waals surface area contributed by atoms with Crippen molar-refractivity contribution in [3.8, 4) is 17.6 Å². The molecule has 2 aliphatic rings. The summed E-state index contributed by atoms with van der Waals surface area (Å²) in [5.74, 6) is 0.390. The van der Waals surface area contributed by atoms with Gasteiger partial charge in [-0.1, -0.05) is 6.07 Å². The van der Waals surface area contributed by atoms with Gasteiger partial charge in [-0.3, -0.25) is 9.59 Å². The predicted molar refractivity (Wildman–Crippen MR) is 99.0 cm³/mol. The smallest absolute Gasteiger partial charge is 0.310 e. The minimum atomic E-state index is -0.460. The van der Waals surface area contributed by atoms with E-state index in [1.807, 2.05) is 17.0 Å². The Labute approximate surface area is 163 Å². The number of ether oxygens (including phenoxy) is 3. The Hall–Kier alpha value is -3.21. The van der Waals surface area contributed by atoms with E-state index in [1.54, 1.807) is 19.1 Å². The van der Waals surface area contributed by atoms with Gasteiger partial charge >= 0.3 is 5.97 Å². The molecular weight excluding hydrogens is 362 g/mol. The fourth-order valence-electron chi connectivity index (χ4n) is 3.23. The van der Waals surface area contributed by atoms with Crippen LogP contribution in [-0.2, 0) is 20.9 Å². The zero-order valence-electron chi connectivity index (χ0n) is 15.8. The summed E-state index contributed by atoms with van der Waals surface area (Å²) in [5.41, 5.74) is 0.848. The molecule has 0 spiro atoms. The number of piperidine rings is 1. The third-order valence-electron chi connectivity index (χ3n) is 4.64. The largest absolute Gasteiger partial charge is 0.466 e. The van der Waals surface area contributed by atoms with Crippen LogP contribution in [0.3, 0.4) is 0 Å². The number of rotatable bonds is 6. The number of carbonyl (C=O) groups excluding carboxylic acids is 2. The average molecular weight is 385 g/mol. The molecule has 0 aromatic heterocycles. The van der Waals surface area contributed by atoms with Gasteiger partial charge in [-0.2, -0.15) is 5.26 Å².